The Kier molecular flexibility index (Phi) is 3.02. The molecule has 0 aliphatic rings. The summed E-state index contributed by atoms with van der Waals surface area (Å²) in [4.78, 5) is 21.8. The Morgan fingerprint density at radius 2 is 2.23 bits per heavy atom. The van der Waals surface area contributed by atoms with Crippen LogP contribution in [-0.2, 0) is 9.53 Å². The zero-order valence-electron chi connectivity index (χ0n) is 7.29. The van der Waals surface area contributed by atoms with Gasteiger partial charge in [0.25, 0.3) is 0 Å². The number of amides is 1. The van der Waals surface area contributed by atoms with Crippen LogP contribution in [-0.4, -0.2) is 19.0 Å². The zero-order chi connectivity index (χ0) is 9.84. The first-order valence-corrected chi connectivity index (χ1v) is 4.46. The average Bonchev–Trinajstić information content (AvgIpc) is 2.50. The Labute approximate surface area is 79.5 Å². The van der Waals surface area contributed by atoms with E-state index < -0.39 is 5.97 Å². The van der Waals surface area contributed by atoms with Crippen LogP contribution in [0, 0.1) is 0 Å². The molecule has 0 aliphatic heterocycles. The van der Waals surface area contributed by atoms with Crippen molar-refractivity contribution in [1.29, 1.82) is 0 Å². The molecule has 0 radical (unpaired) electrons. The van der Waals surface area contributed by atoms with E-state index in [-0.39, 0.29) is 5.91 Å². The standard InChI is InChI=1S/C8H9NO3S/c1-5(10)9-7-6(3-4-13-7)8(11)12-2/h3-4H,1-2H3,(H,9,10). The van der Waals surface area contributed by atoms with Crippen molar-refractivity contribution in [3.63, 3.8) is 0 Å². The highest BCUT2D eigenvalue weighted by Gasteiger charge is 2.13. The Morgan fingerprint density at radius 1 is 1.54 bits per heavy atom. The van der Waals surface area contributed by atoms with Crippen LogP contribution >= 0.6 is 11.3 Å². The van der Waals surface area contributed by atoms with E-state index in [2.05, 4.69) is 10.1 Å². The second-order valence-corrected chi connectivity index (χ2v) is 3.25. The SMILES string of the molecule is COC(=O)c1ccsc1NC(C)=O. The van der Waals surface area contributed by atoms with E-state index in [1.807, 2.05) is 0 Å². The minimum atomic E-state index is -0.440. The summed E-state index contributed by atoms with van der Waals surface area (Å²) in [5, 5.41) is 4.79. The summed E-state index contributed by atoms with van der Waals surface area (Å²) in [5.41, 5.74) is 0.391. The van der Waals surface area contributed by atoms with E-state index in [4.69, 9.17) is 0 Å². The van der Waals surface area contributed by atoms with Gasteiger partial charge in [-0.05, 0) is 11.4 Å². The number of methoxy groups -OCH3 is 1. The molecule has 1 aromatic heterocycles. The molecule has 0 unspecified atom stereocenters. The maximum Gasteiger partial charge on any atom is 0.340 e. The van der Waals surface area contributed by atoms with Gasteiger partial charge in [0.2, 0.25) is 5.91 Å². The third kappa shape index (κ3) is 2.29. The van der Waals surface area contributed by atoms with E-state index in [1.54, 1.807) is 11.4 Å². The lowest BCUT2D eigenvalue weighted by molar-refractivity contribution is -0.114. The topological polar surface area (TPSA) is 55.4 Å². The Bertz CT molecular complexity index is 332. The van der Waals surface area contributed by atoms with Gasteiger partial charge in [0.1, 0.15) is 5.00 Å². The largest absolute Gasteiger partial charge is 0.465 e. The lowest BCUT2D eigenvalue weighted by atomic mass is 10.3. The maximum absolute atomic E-state index is 11.1. The molecule has 1 heterocycles. The van der Waals surface area contributed by atoms with E-state index in [9.17, 15) is 9.59 Å². The van der Waals surface area contributed by atoms with Gasteiger partial charge in [-0.1, -0.05) is 0 Å². The molecular weight excluding hydrogens is 190 g/mol. The average molecular weight is 199 g/mol. The highest BCUT2D eigenvalue weighted by atomic mass is 32.1. The molecule has 1 aromatic rings. The highest BCUT2D eigenvalue weighted by Crippen LogP contribution is 2.23. The molecule has 1 amide bonds. The number of hydrogen-bond donors (Lipinski definition) is 1. The second-order valence-electron chi connectivity index (χ2n) is 2.34. The zero-order valence-corrected chi connectivity index (χ0v) is 8.10. The van der Waals surface area contributed by atoms with Gasteiger partial charge in [-0.3, -0.25) is 4.79 Å². The van der Waals surface area contributed by atoms with Crippen molar-refractivity contribution >= 4 is 28.2 Å². The van der Waals surface area contributed by atoms with E-state index in [0.717, 1.165) is 0 Å². The molecule has 0 bridgehead atoms. The van der Waals surface area contributed by atoms with Crippen LogP contribution < -0.4 is 5.32 Å². The fourth-order valence-corrected chi connectivity index (χ4v) is 1.66. The van der Waals surface area contributed by atoms with Gasteiger partial charge in [0.05, 0.1) is 12.7 Å². The number of thiophene rings is 1. The summed E-state index contributed by atoms with van der Waals surface area (Å²) in [6.45, 7) is 1.39. The van der Waals surface area contributed by atoms with E-state index in [0.29, 0.717) is 10.6 Å². The van der Waals surface area contributed by atoms with Crippen LogP contribution in [0.15, 0.2) is 11.4 Å². The third-order valence-electron chi connectivity index (χ3n) is 1.36. The highest BCUT2D eigenvalue weighted by molar-refractivity contribution is 7.14. The number of ether oxygens (including phenoxy) is 1. The van der Waals surface area contributed by atoms with Crippen LogP contribution in [0.5, 0.6) is 0 Å². The fraction of sp³-hybridized carbons (Fsp3) is 0.250. The number of nitrogens with one attached hydrogen (secondary N) is 1. The number of carbonyl (C=O) groups excluding carboxylic acids is 2. The first-order chi connectivity index (χ1) is 6.15. The maximum atomic E-state index is 11.1. The molecule has 1 rings (SSSR count). The van der Waals surface area contributed by atoms with E-state index in [1.165, 1.54) is 25.4 Å². The molecular formula is C8H9NO3S. The van der Waals surface area contributed by atoms with Gasteiger partial charge in [-0.25, -0.2) is 4.79 Å². The molecule has 70 valence electrons. The summed E-state index contributed by atoms with van der Waals surface area (Å²) in [6, 6.07) is 1.61. The predicted octanol–water partition coefficient (Wildman–Crippen LogP) is 1.49. The first-order valence-electron chi connectivity index (χ1n) is 3.58. The minimum Gasteiger partial charge on any atom is -0.465 e. The van der Waals surface area contributed by atoms with Gasteiger partial charge < -0.3 is 10.1 Å². The summed E-state index contributed by atoms with van der Waals surface area (Å²) in [7, 11) is 1.30. The Morgan fingerprint density at radius 3 is 2.77 bits per heavy atom. The van der Waals surface area contributed by atoms with Crippen molar-refractivity contribution in [2.45, 2.75) is 6.92 Å². The van der Waals surface area contributed by atoms with E-state index >= 15 is 0 Å². The molecule has 13 heavy (non-hydrogen) atoms. The van der Waals surface area contributed by atoms with Crippen molar-refractivity contribution in [2.24, 2.45) is 0 Å². The Balaban J connectivity index is 2.89. The van der Waals surface area contributed by atoms with Crippen LogP contribution in [0.4, 0.5) is 5.00 Å². The fourth-order valence-electron chi connectivity index (χ4n) is 0.837. The molecule has 0 saturated carbocycles. The number of esters is 1. The first kappa shape index (κ1) is 9.73. The minimum absolute atomic E-state index is 0.201. The monoisotopic (exact) mass is 199 g/mol. The van der Waals surface area contributed by atoms with Crippen molar-refractivity contribution < 1.29 is 14.3 Å². The van der Waals surface area contributed by atoms with Gasteiger partial charge in [0, 0.05) is 6.92 Å². The number of rotatable bonds is 2. The summed E-state index contributed by atoms with van der Waals surface area (Å²) in [5.74, 6) is -0.641. The quantitative estimate of drug-likeness (QED) is 0.734. The smallest absolute Gasteiger partial charge is 0.340 e. The lowest BCUT2D eigenvalue weighted by Crippen LogP contribution is -2.09. The molecule has 0 aliphatic carbocycles. The molecule has 0 saturated heterocycles. The molecule has 0 spiro atoms. The van der Waals surface area contributed by atoms with Gasteiger partial charge in [-0.15, -0.1) is 11.3 Å². The molecule has 5 heteroatoms. The van der Waals surface area contributed by atoms with Gasteiger partial charge >= 0.3 is 5.97 Å². The summed E-state index contributed by atoms with van der Waals surface area (Å²) < 4.78 is 4.53. The van der Waals surface area contributed by atoms with Gasteiger partial charge in [-0.2, -0.15) is 0 Å². The van der Waals surface area contributed by atoms with Crippen LogP contribution in [0.1, 0.15) is 17.3 Å². The van der Waals surface area contributed by atoms with Crippen LogP contribution in [0.25, 0.3) is 0 Å². The van der Waals surface area contributed by atoms with Crippen molar-refractivity contribution in [1.82, 2.24) is 0 Å². The number of hydrogen-bond acceptors (Lipinski definition) is 4. The molecule has 0 fully saturated rings. The van der Waals surface area contributed by atoms with Crippen LogP contribution in [0.3, 0.4) is 0 Å². The molecule has 4 nitrogen and oxygen atoms in total. The van der Waals surface area contributed by atoms with Crippen molar-refractivity contribution in [3.05, 3.63) is 17.0 Å². The number of anilines is 1. The second kappa shape index (κ2) is 4.04. The molecule has 0 aromatic carbocycles. The summed E-state index contributed by atoms with van der Waals surface area (Å²) >= 11 is 1.29. The summed E-state index contributed by atoms with van der Waals surface area (Å²) in [6.07, 6.45) is 0. The number of carbonyl (C=O) groups is 2. The van der Waals surface area contributed by atoms with Crippen LogP contribution in [0.2, 0.25) is 0 Å². The van der Waals surface area contributed by atoms with Crippen molar-refractivity contribution in [2.75, 3.05) is 12.4 Å². The van der Waals surface area contributed by atoms with Gasteiger partial charge in [0.15, 0.2) is 0 Å². The Hall–Kier alpha value is -1.36. The molecule has 1 N–H and O–H groups in total. The lowest BCUT2D eigenvalue weighted by Gasteiger charge is -2.01. The molecule has 0 atom stereocenters. The normalized spacial score (nSPS) is 9.38. The van der Waals surface area contributed by atoms with Crippen molar-refractivity contribution in [3.8, 4) is 0 Å². The predicted molar refractivity (Wildman–Crippen MR) is 50.0 cm³/mol. The third-order valence-corrected chi connectivity index (χ3v) is 2.19.